The Balaban J connectivity index is 2.02. The quantitative estimate of drug-likeness (QED) is 0.867. The van der Waals surface area contributed by atoms with Crippen molar-refractivity contribution in [1.29, 1.82) is 0 Å². The fourth-order valence-electron chi connectivity index (χ4n) is 2.12. The monoisotopic (exact) mass is 273 g/mol. The van der Waals surface area contributed by atoms with Crippen molar-refractivity contribution in [3.05, 3.63) is 52.5 Å². The fraction of sp³-hybridized carbons (Fsp3) is 0.412. The van der Waals surface area contributed by atoms with Crippen LogP contribution in [0.4, 0.5) is 0 Å². The summed E-state index contributed by atoms with van der Waals surface area (Å²) in [7, 11) is 0. The van der Waals surface area contributed by atoms with Crippen LogP contribution < -0.4 is 10.1 Å². The van der Waals surface area contributed by atoms with Gasteiger partial charge in [-0.05, 0) is 50.6 Å². The molecule has 0 fully saturated rings. The number of aryl methyl sites for hydroxylation is 2. The van der Waals surface area contributed by atoms with Crippen molar-refractivity contribution in [2.45, 2.75) is 40.8 Å². The van der Waals surface area contributed by atoms with Crippen LogP contribution in [0.15, 0.2) is 28.7 Å². The minimum atomic E-state index is 0.470. The molecule has 20 heavy (non-hydrogen) atoms. The van der Waals surface area contributed by atoms with E-state index in [0.717, 1.165) is 30.4 Å². The second-order valence-corrected chi connectivity index (χ2v) is 5.06. The van der Waals surface area contributed by atoms with E-state index >= 15 is 0 Å². The molecule has 0 aliphatic rings. The van der Waals surface area contributed by atoms with Gasteiger partial charge in [0, 0.05) is 12.1 Å². The second kappa shape index (κ2) is 6.62. The van der Waals surface area contributed by atoms with E-state index in [0.29, 0.717) is 6.61 Å². The molecule has 0 spiro atoms. The number of rotatable bonds is 6. The van der Waals surface area contributed by atoms with Crippen LogP contribution in [0.25, 0.3) is 0 Å². The first kappa shape index (κ1) is 14.7. The highest BCUT2D eigenvalue weighted by molar-refractivity contribution is 5.38. The van der Waals surface area contributed by atoms with Crippen LogP contribution in [0.1, 0.15) is 35.1 Å². The Labute approximate surface area is 121 Å². The van der Waals surface area contributed by atoms with Crippen LogP contribution >= 0.6 is 0 Å². The lowest BCUT2D eigenvalue weighted by atomic mass is 10.1. The van der Waals surface area contributed by atoms with E-state index in [-0.39, 0.29) is 0 Å². The maximum absolute atomic E-state index is 5.86. The highest BCUT2D eigenvalue weighted by Gasteiger charge is 2.08. The van der Waals surface area contributed by atoms with Crippen LogP contribution in [0.2, 0.25) is 0 Å². The van der Waals surface area contributed by atoms with Gasteiger partial charge in [-0.15, -0.1) is 0 Å². The lowest BCUT2D eigenvalue weighted by Crippen LogP contribution is -2.11. The molecule has 1 aromatic carbocycles. The Morgan fingerprint density at radius 2 is 2.00 bits per heavy atom. The summed E-state index contributed by atoms with van der Waals surface area (Å²) < 4.78 is 11.6. The van der Waals surface area contributed by atoms with Gasteiger partial charge in [-0.2, -0.15) is 0 Å². The average Bonchev–Trinajstić information content (AvgIpc) is 2.78. The first-order valence-corrected chi connectivity index (χ1v) is 7.09. The molecule has 0 atom stereocenters. The molecule has 1 heterocycles. The third-order valence-corrected chi connectivity index (χ3v) is 3.56. The number of ether oxygens (including phenoxy) is 1. The SMILES string of the molecule is CCNCc1cc(COc2cccc(C)c2C)oc1C. The van der Waals surface area contributed by atoms with E-state index in [1.165, 1.54) is 16.7 Å². The van der Waals surface area contributed by atoms with Gasteiger partial charge >= 0.3 is 0 Å². The van der Waals surface area contributed by atoms with Gasteiger partial charge in [-0.3, -0.25) is 0 Å². The summed E-state index contributed by atoms with van der Waals surface area (Å²) in [5.41, 5.74) is 3.63. The third kappa shape index (κ3) is 3.42. The molecule has 0 bridgehead atoms. The van der Waals surface area contributed by atoms with Gasteiger partial charge < -0.3 is 14.5 Å². The summed E-state index contributed by atoms with van der Waals surface area (Å²) in [6, 6.07) is 8.18. The van der Waals surface area contributed by atoms with Crippen LogP contribution in [-0.2, 0) is 13.2 Å². The zero-order valence-corrected chi connectivity index (χ0v) is 12.7. The summed E-state index contributed by atoms with van der Waals surface area (Å²) in [4.78, 5) is 0. The molecule has 108 valence electrons. The molecule has 1 aromatic heterocycles. The van der Waals surface area contributed by atoms with Gasteiger partial charge in [0.2, 0.25) is 0 Å². The maximum atomic E-state index is 5.86. The topological polar surface area (TPSA) is 34.4 Å². The molecule has 0 aliphatic carbocycles. The standard InChI is InChI=1S/C17H23NO2/c1-5-18-10-15-9-16(20-14(15)4)11-19-17-8-6-7-12(2)13(17)3/h6-9,18H,5,10-11H2,1-4H3. The van der Waals surface area contributed by atoms with E-state index in [1.54, 1.807) is 0 Å². The summed E-state index contributed by atoms with van der Waals surface area (Å²) in [5.74, 6) is 2.76. The van der Waals surface area contributed by atoms with E-state index in [2.05, 4.69) is 38.2 Å². The van der Waals surface area contributed by atoms with Gasteiger partial charge in [0.15, 0.2) is 0 Å². The summed E-state index contributed by atoms with van der Waals surface area (Å²) in [5, 5.41) is 3.31. The molecular weight excluding hydrogens is 250 g/mol. The molecule has 0 radical (unpaired) electrons. The molecule has 1 N–H and O–H groups in total. The average molecular weight is 273 g/mol. The summed E-state index contributed by atoms with van der Waals surface area (Å²) in [6.45, 7) is 10.5. The molecule has 0 aliphatic heterocycles. The van der Waals surface area contributed by atoms with E-state index in [1.807, 2.05) is 19.1 Å². The molecule has 0 amide bonds. The number of hydrogen-bond donors (Lipinski definition) is 1. The lowest BCUT2D eigenvalue weighted by Gasteiger charge is -2.09. The number of furan rings is 1. The Morgan fingerprint density at radius 3 is 2.75 bits per heavy atom. The Kier molecular flexibility index (Phi) is 4.85. The van der Waals surface area contributed by atoms with Crippen molar-refractivity contribution in [2.75, 3.05) is 6.54 Å². The van der Waals surface area contributed by atoms with E-state index in [9.17, 15) is 0 Å². The minimum Gasteiger partial charge on any atom is -0.485 e. The molecule has 2 aromatic rings. The van der Waals surface area contributed by atoms with Crippen molar-refractivity contribution in [3.8, 4) is 5.75 Å². The molecule has 0 saturated carbocycles. The molecule has 0 saturated heterocycles. The first-order valence-electron chi connectivity index (χ1n) is 7.09. The van der Waals surface area contributed by atoms with Gasteiger partial charge in [0.05, 0.1) is 0 Å². The van der Waals surface area contributed by atoms with Gasteiger partial charge in [-0.1, -0.05) is 19.1 Å². The Morgan fingerprint density at radius 1 is 1.20 bits per heavy atom. The molecular formula is C17H23NO2. The normalized spacial score (nSPS) is 10.8. The molecule has 3 nitrogen and oxygen atoms in total. The largest absolute Gasteiger partial charge is 0.485 e. The molecule has 2 rings (SSSR count). The highest BCUT2D eigenvalue weighted by Crippen LogP contribution is 2.23. The van der Waals surface area contributed by atoms with E-state index < -0.39 is 0 Å². The predicted octanol–water partition coefficient (Wildman–Crippen LogP) is 3.89. The maximum Gasteiger partial charge on any atom is 0.146 e. The zero-order chi connectivity index (χ0) is 14.5. The van der Waals surface area contributed by atoms with Crippen molar-refractivity contribution in [1.82, 2.24) is 5.32 Å². The van der Waals surface area contributed by atoms with E-state index in [4.69, 9.17) is 9.15 Å². The smallest absolute Gasteiger partial charge is 0.146 e. The molecule has 0 unspecified atom stereocenters. The third-order valence-electron chi connectivity index (χ3n) is 3.56. The Bertz CT molecular complexity index is 572. The van der Waals surface area contributed by atoms with Crippen LogP contribution in [-0.4, -0.2) is 6.54 Å². The summed E-state index contributed by atoms with van der Waals surface area (Å²) >= 11 is 0. The lowest BCUT2D eigenvalue weighted by molar-refractivity contribution is 0.266. The van der Waals surface area contributed by atoms with Gasteiger partial charge in [0.1, 0.15) is 23.9 Å². The first-order chi connectivity index (χ1) is 9.61. The van der Waals surface area contributed by atoms with Gasteiger partial charge in [-0.25, -0.2) is 0 Å². The minimum absolute atomic E-state index is 0.470. The number of benzene rings is 1. The number of hydrogen-bond acceptors (Lipinski definition) is 3. The van der Waals surface area contributed by atoms with Crippen LogP contribution in [0.5, 0.6) is 5.75 Å². The second-order valence-electron chi connectivity index (χ2n) is 5.06. The van der Waals surface area contributed by atoms with Crippen molar-refractivity contribution in [3.63, 3.8) is 0 Å². The molecule has 3 heteroatoms. The highest BCUT2D eigenvalue weighted by atomic mass is 16.5. The van der Waals surface area contributed by atoms with Crippen molar-refractivity contribution < 1.29 is 9.15 Å². The van der Waals surface area contributed by atoms with Gasteiger partial charge in [0.25, 0.3) is 0 Å². The van der Waals surface area contributed by atoms with Crippen molar-refractivity contribution in [2.24, 2.45) is 0 Å². The summed E-state index contributed by atoms with van der Waals surface area (Å²) in [6.07, 6.45) is 0. The zero-order valence-electron chi connectivity index (χ0n) is 12.7. The fourth-order valence-corrected chi connectivity index (χ4v) is 2.12. The van der Waals surface area contributed by atoms with Crippen molar-refractivity contribution >= 4 is 0 Å². The Hall–Kier alpha value is -1.74. The van der Waals surface area contributed by atoms with Crippen LogP contribution in [0.3, 0.4) is 0 Å². The number of nitrogens with one attached hydrogen (secondary N) is 1. The van der Waals surface area contributed by atoms with Crippen LogP contribution in [0, 0.1) is 20.8 Å². The predicted molar refractivity (Wildman–Crippen MR) is 81.1 cm³/mol.